The molecule has 3 amide bonds. The molecule has 0 saturated heterocycles. The molecule has 226 valence electrons. The van der Waals surface area contributed by atoms with Crippen molar-refractivity contribution in [3.63, 3.8) is 0 Å². The predicted molar refractivity (Wildman–Crippen MR) is 168 cm³/mol. The molecule has 6 nitrogen and oxygen atoms in total. The third-order valence-electron chi connectivity index (χ3n) is 9.05. The third kappa shape index (κ3) is 9.34. The van der Waals surface area contributed by atoms with Crippen LogP contribution in [0.1, 0.15) is 121 Å². The molecule has 0 aliphatic heterocycles. The predicted octanol–water partition coefficient (Wildman–Crippen LogP) is 8.89. The summed E-state index contributed by atoms with van der Waals surface area (Å²) in [4.78, 5) is 39.2. The van der Waals surface area contributed by atoms with Crippen molar-refractivity contribution in [3.05, 3.63) is 18.2 Å². The summed E-state index contributed by atoms with van der Waals surface area (Å²) in [5.41, 5.74) is 1.71. The molecule has 0 atom stereocenters. The van der Waals surface area contributed by atoms with Gasteiger partial charge in [0.15, 0.2) is 0 Å². The number of benzene rings is 1. The fourth-order valence-electron chi connectivity index (χ4n) is 6.09. The summed E-state index contributed by atoms with van der Waals surface area (Å²) in [5.74, 6) is 1.14. The first-order valence-corrected chi connectivity index (χ1v) is 15.0. The molecule has 40 heavy (non-hydrogen) atoms. The fraction of sp³-hybridized carbons (Fsp3) is 0.735. The van der Waals surface area contributed by atoms with Crippen LogP contribution in [0.25, 0.3) is 0 Å². The quantitative estimate of drug-likeness (QED) is 0.339. The summed E-state index contributed by atoms with van der Waals surface area (Å²) in [7, 11) is 0. The molecule has 0 heterocycles. The maximum atomic E-state index is 13.2. The molecule has 2 aliphatic rings. The van der Waals surface area contributed by atoms with E-state index < -0.39 is 5.41 Å². The average Bonchev–Trinajstić information content (AvgIpc) is 2.82. The molecule has 3 N–H and O–H groups in total. The molecule has 0 radical (unpaired) electrons. The van der Waals surface area contributed by atoms with E-state index in [-0.39, 0.29) is 47.8 Å². The maximum Gasteiger partial charge on any atom is 0.229 e. The van der Waals surface area contributed by atoms with Gasteiger partial charge in [-0.1, -0.05) is 69.7 Å². The Kier molecular flexibility index (Phi) is 11.1. The Morgan fingerprint density at radius 2 is 0.850 bits per heavy atom. The third-order valence-corrected chi connectivity index (χ3v) is 9.05. The number of amides is 3. The van der Waals surface area contributed by atoms with Crippen molar-refractivity contribution in [1.82, 2.24) is 0 Å². The van der Waals surface area contributed by atoms with Crippen molar-refractivity contribution in [2.45, 2.75) is 121 Å². The van der Waals surface area contributed by atoms with Crippen LogP contribution in [0, 0.1) is 39.9 Å². The molecular formula is C34H57N3O3. The minimum absolute atomic E-state index is 0. The van der Waals surface area contributed by atoms with Crippen LogP contribution in [0.4, 0.5) is 17.1 Å². The number of anilines is 3. The van der Waals surface area contributed by atoms with Gasteiger partial charge in [-0.15, -0.1) is 0 Å². The monoisotopic (exact) mass is 555 g/mol. The normalized spacial score (nSPS) is 23.9. The zero-order chi connectivity index (χ0) is 29.2. The van der Waals surface area contributed by atoms with Crippen LogP contribution in [0.15, 0.2) is 18.2 Å². The van der Waals surface area contributed by atoms with E-state index >= 15 is 0 Å². The number of carbonyl (C=O) groups is 3. The molecule has 2 aliphatic carbocycles. The lowest BCUT2D eigenvalue weighted by Crippen LogP contribution is -2.32. The van der Waals surface area contributed by atoms with Gasteiger partial charge in [-0.3, -0.25) is 14.4 Å². The first kappa shape index (κ1) is 33.8. The minimum Gasteiger partial charge on any atom is -0.326 e. The Morgan fingerprint density at radius 3 is 1.12 bits per heavy atom. The van der Waals surface area contributed by atoms with Gasteiger partial charge < -0.3 is 16.0 Å². The molecule has 0 bridgehead atoms. The van der Waals surface area contributed by atoms with E-state index in [1.807, 2.05) is 26.8 Å². The van der Waals surface area contributed by atoms with Crippen molar-refractivity contribution in [1.29, 1.82) is 0 Å². The van der Waals surface area contributed by atoms with Crippen molar-refractivity contribution in [2.24, 2.45) is 39.9 Å². The van der Waals surface area contributed by atoms with Gasteiger partial charge >= 0.3 is 0 Å². The first-order valence-electron chi connectivity index (χ1n) is 15.0. The zero-order valence-corrected chi connectivity index (χ0v) is 25.9. The fourth-order valence-corrected chi connectivity index (χ4v) is 6.09. The van der Waals surface area contributed by atoms with E-state index in [9.17, 15) is 14.4 Å². The lowest BCUT2D eigenvalue weighted by Gasteiger charge is -2.36. The smallest absolute Gasteiger partial charge is 0.229 e. The van der Waals surface area contributed by atoms with E-state index in [0.717, 1.165) is 51.4 Å². The Labute approximate surface area is 244 Å². The van der Waals surface area contributed by atoms with E-state index in [0.29, 0.717) is 28.9 Å². The van der Waals surface area contributed by atoms with Crippen LogP contribution in [-0.4, -0.2) is 17.7 Å². The van der Waals surface area contributed by atoms with E-state index in [1.54, 1.807) is 12.1 Å². The standard InChI is InChI=1S/C33H53N3O3.CH4/c1-31(2,3)23-14-10-21(11-15-23)28(37)34-25-18-26(20-27(19-25)36-30(39)33(7,8)9)35-29(38)22-12-16-24(17-13-22)32(4,5)6;/h18-24H,10-17H2,1-9H3,(H,34,37)(H,35,38)(H,36,39);1H4. The largest absolute Gasteiger partial charge is 0.326 e. The van der Waals surface area contributed by atoms with Gasteiger partial charge in [0.2, 0.25) is 17.7 Å². The molecule has 1 aromatic rings. The Hall–Kier alpha value is -2.37. The molecular weight excluding hydrogens is 498 g/mol. The number of carbonyl (C=O) groups excluding carboxylic acids is 3. The summed E-state index contributed by atoms with van der Waals surface area (Å²) in [6.45, 7) is 19.3. The summed E-state index contributed by atoms with van der Waals surface area (Å²) in [6.07, 6.45) is 7.77. The van der Waals surface area contributed by atoms with Crippen LogP contribution in [0.3, 0.4) is 0 Å². The van der Waals surface area contributed by atoms with Crippen molar-refractivity contribution >= 4 is 34.8 Å². The van der Waals surface area contributed by atoms with Gasteiger partial charge in [-0.2, -0.15) is 0 Å². The molecule has 0 unspecified atom stereocenters. The summed E-state index contributed by atoms with van der Waals surface area (Å²) >= 11 is 0. The molecule has 2 saturated carbocycles. The van der Waals surface area contributed by atoms with Gasteiger partial charge in [0, 0.05) is 34.3 Å². The first-order chi connectivity index (χ1) is 17.9. The van der Waals surface area contributed by atoms with Gasteiger partial charge in [0.25, 0.3) is 0 Å². The molecule has 1 aromatic carbocycles. The summed E-state index contributed by atoms with van der Waals surface area (Å²) < 4.78 is 0. The number of hydrogen-bond donors (Lipinski definition) is 3. The van der Waals surface area contributed by atoms with E-state index in [4.69, 9.17) is 0 Å². The van der Waals surface area contributed by atoms with Gasteiger partial charge in [-0.05, 0) is 92.2 Å². The molecule has 0 spiro atoms. The lowest BCUT2D eigenvalue weighted by atomic mass is 9.69. The topological polar surface area (TPSA) is 87.3 Å². The van der Waals surface area contributed by atoms with Crippen LogP contribution in [0.2, 0.25) is 0 Å². The molecule has 6 heteroatoms. The average molecular weight is 556 g/mol. The van der Waals surface area contributed by atoms with E-state index in [1.165, 1.54) is 0 Å². The summed E-state index contributed by atoms with van der Waals surface area (Å²) in [5, 5.41) is 9.15. The van der Waals surface area contributed by atoms with Gasteiger partial charge in [0.1, 0.15) is 0 Å². The second-order valence-corrected chi connectivity index (χ2v) is 15.3. The van der Waals surface area contributed by atoms with Gasteiger partial charge in [0.05, 0.1) is 0 Å². The van der Waals surface area contributed by atoms with Crippen LogP contribution in [0.5, 0.6) is 0 Å². The Morgan fingerprint density at radius 1 is 0.550 bits per heavy atom. The Bertz CT molecular complexity index is 960. The number of hydrogen-bond acceptors (Lipinski definition) is 3. The van der Waals surface area contributed by atoms with Crippen molar-refractivity contribution in [2.75, 3.05) is 16.0 Å². The Balaban J connectivity index is 0.00000560. The SMILES string of the molecule is C.CC(C)(C)C(=O)Nc1cc(NC(=O)C2CCC(C(C)(C)C)CC2)cc(NC(=O)C2CCC(C(C)(C)C)CC2)c1. The minimum atomic E-state index is -0.569. The highest BCUT2D eigenvalue weighted by Crippen LogP contribution is 2.41. The highest BCUT2D eigenvalue weighted by atomic mass is 16.2. The maximum absolute atomic E-state index is 13.2. The highest BCUT2D eigenvalue weighted by Gasteiger charge is 2.34. The second kappa shape index (κ2) is 13.1. The van der Waals surface area contributed by atoms with Crippen LogP contribution < -0.4 is 16.0 Å². The van der Waals surface area contributed by atoms with Crippen LogP contribution in [-0.2, 0) is 14.4 Å². The molecule has 2 fully saturated rings. The van der Waals surface area contributed by atoms with Crippen molar-refractivity contribution < 1.29 is 14.4 Å². The number of nitrogens with one attached hydrogen (secondary N) is 3. The van der Waals surface area contributed by atoms with E-state index in [2.05, 4.69) is 57.5 Å². The highest BCUT2D eigenvalue weighted by molar-refractivity contribution is 5.99. The molecule has 0 aromatic heterocycles. The second-order valence-electron chi connectivity index (χ2n) is 15.3. The van der Waals surface area contributed by atoms with Crippen molar-refractivity contribution in [3.8, 4) is 0 Å². The lowest BCUT2D eigenvalue weighted by molar-refractivity contribution is -0.123. The number of rotatable bonds is 5. The van der Waals surface area contributed by atoms with Crippen LogP contribution >= 0.6 is 0 Å². The zero-order valence-electron chi connectivity index (χ0n) is 25.9. The van der Waals surface area contributed by atoms with Gasteiger partial charge in [-0.25, -0.2) is 0 Å². The summed E-state index contributed by atoms with van der Waals surface area (Å²) in [6, 6.07) is 5.38. The molecule has 3 rings (SSSR count).